The summed E-state index contributed by atoms with van der Waals surface area (Å²) >= 11 is 6.31. The van der Waals surface area contributed by atoms with Crippen LogP contribution in [-0.2, 0) is 0 Å². The van der Waals surface area contributed by atoms with Gasteiger partial charge in [-0.15, -0.1) is 0 Å². The lowest BCUT2D eigenvalue weighted by Gasteiger charge is -2.13. The number of benzene rings is 3. The number of aromatic nitrogens is 2. The third-order valence-electron chi connectivity index (χ3n) is 6.14. The number of nitrogens with zero attached hydrogens (tertiary/aromatic N) is 3. The third-order valence-corrected chi connectivity index (χ3v) is 6.38. The molecule has 1 aliphatic rings. The first-order chi connectivity index (χ1) is 17.5. The van der Waals surface area contributed by atoms with Crippen LogP contribution in [0.4, 0.5) is 4.39 Å². The van der Waals surface area contributed by atoms with Gasteiger partial charge in [0.05, 0.1) is 22.4 Å². The summed E-state index contributed by atoms with van der Waals surface area (Å²) in [6.45, 7) is 2.54. The Bertz CT molecular complexity index is 1510. The van der Waals surface area contributed by atoms with Crippen LogP contribution in [0, 0.1) is 12.7 Å². The summed E-state index contributed by atoms with van der Waals surface area (Å²) in [5.74, 6) is -0.482. The minimum atomic E-state index is -0.323. The molecule has 0 saturated heterocycles. The summed E-state index contributed by atoms with van der Waals surface area (Å²) in [5, 5.41) is 3.56. The zero-order valence-electron chi connectivity index (χ0n) is 19.8. The highest BCUT2D eigenvalue weighted by Gasteiger charge is 2.17. The van der Waals surface area contributed by atoms with Crippen LogP contribution in [0.5, 0.6) is 0 Å². The molecule has 4 aromatic rings. The first-order valence-corrected chi connectivity index (χ1v) is 12.2. The van der Waals surface area contributed by atoms with E-state index in [1.165, 1.54) is 12.1 Å². The SMILES string of the molecule is Cc1ccc(Cl)cc1-c1nc2cc(C(=O)NCCCC3=NC=CC3)ccc2nc1-c1ccc(F)cc1. The highest BCUT2D eigenvalue weighted by molar-refractivity contribution is 6.31. The first kappa shape index (κ1) is 23.8. The molecule has 1 aromatic heterocycles. The van der Waals surface area contributed by atoms with Crippen molar-refractivity contribution < 1.29 is 9.18 Å². The van der Waals surface area contributed by atoms with Crippen molar-refractivity contribution in [2.75, 3.05) is 6.54 Å². The van der Waals surface area contributed by atoms with E-state index in [9.17, 15) is 9.18 Å². The van der Waals surface area contributed by atoms with Crippen LogP contribution in [0.2, 0.25) is 5.02 Å². The molecule has 180 valence electrons. The number of hydrogen-bond donors (Lipinski definition) is 1. The molecule has 5 rings (SSSR count). The van der Waals surface area contributed by atoms with Crippen LogP contribution >= 0.6 is 11.6 Å². The zero-order chi connectivity index (χ0) is 25.1. The van der Waals surface area contributed by atoms with Crippen LogP contribution in [0.3, 0.4) is 0 Å². The van der Waals surface area contributed by atoms with E-state index in [2.05, 4.69) is 10.3 Å². The van der Waals surface area contributed by atoms with Gasteiger partial charge in [-0.05, 0) is 79.9 Å². The van der Waals surface area contributed by atoms with Crippen molar-refractivity contribution in [1.82, 2.24) is 15.3 Å². The molecule has 0 fully saturated rings. The Morgan fingerprint density at radius 3 is 2.58 bits per heavy atom. The smallest absolute Gasteiger partial charge is 0.251 e. The van der Waals surface area contributed by atoms with E-state index in [0.29, 0.717) is 39.6 Å². The van der Waals surface area contributed by atoms with Gasteiger partial charge >= 0.3 is 0 Å². The summed E-state index contributed by atoms with van der Waals surface area (Å²) in [6, 6.07) is 17.1. The van der Waals surface area contributed by atoms with E-state index in [-0.39, 0.29) is 11.7 Å². The average molecular weight is 499 g/mol. The van der Waals surface area contributed by atoms with Crippen LogP contribution in [0.1, 0.15) is 35.2 Å². The van der Waals surface area contributed by atoms with Gasteiger partial charge in [0.15, 0.2) is 0 Å². The van der Waals surface area contributed by atoms with Crippen molar-refractivity contribution >= 4 is 34.3 Å². The van der Waals surface area contributed by atoms with Gasteiger partial charge in [-0.3, -0.25) is 9.79 Å². The predicted octanol–water partition coefficient (Wildman–Crippen LogP) is 6.93. The highest BCUT2D eigenvalue weighted by Crippen LogP contribution is 2.34. The second-order valence-electron chi connectivity index (χ2n) is 8.73. The average Bonchev–Trinajstić information content (AvgIpc) is 3.41. The molecule has 0 radical (unpaired) electrons. The van der Waals surface area contributed by atoms with Crippen LogP contribution in [0.15, 0.2) is 77.9 Å². The molecule has 36 heavy (non-hydrogen) atoms. The third kappa shape index (κ3) is 5.19. The first-order valence-electron chi connectivity index (χ1n) is 11.8. The molecule has 0 saturated carbocycles. The van der Waals surface area contributed by atoms with Gasteiger partial charge in [0.25, 0.3) is 5.91 Å². The zero-order valence-corrected chi connectivity index (χ0v) is 20.5. The summed E-state index contributed by atoms with van der Waals surface area (Å²) in [4.78, 5) is 26.9. The van der Waals surface area contributed by atoms with E-state index in [1.54, 1.807) is 30.3 Å². The van der Waals surface area contributed by atoms with Crippen molar-refractivity contribution in [2.45, 2.75) is 26.2 Å². The number of halogens is 2. The molecule has 0 bridgehead atoms. The van der Waals surface area contributed by atoms with E-state index < -0.39 is 0 Å². The molecular weight excluding hydrogens is 475 g/mol. The van der Waals surface area contributed by atoms with E-state index >= 15 is 0 Å². The maximum atomic E-state index is 13.6. The lowest BCUT2D eigenvalue weighted by Crippen LogP contribution is -2.24. The number of carbonyl (C=O) groups is 1. The number of rotatable bonds is 7. The molecule has 7 heteroatoms. The Labute approximate surface area is 213 Å². The Kier molecular flexibility index (Phi) is 6.87. The number of carbonyl (C=O) groups excluding carboxylic acids is 1. The number of fused-ring (bicyclic) bond motifs is 1. The second kappa shape index (κ2) is 10.4. The van der Waals surface area contributed by atoms with E-state index in [1.807, 2.05) is 37.4 Å². The molecule has 1 N–H and O–H groups in total. The number of hydrogen-bond acceptors (Lipinski definition) is 4. The van der Waals surface area contributed by atoms with Crippen molar-refractivity contribution in [3.05, 3.63) is 94.9 Å². The van der Waals surface area contributed by atoms with Crippen LogP contribution in [-0.4, -0.2) is 28.1 Å². The molecular formula is C29H24ClFN4O. The normalized spacial score (nSPS) is 12.7. The summed E-state index contributed by atoms with van der Waals surface area (Å²) < 4.78 is 13.6. The molecule has 5 nitrogen and oxygen atoms in total. The quantitative estimate of drug-likeness (QED) is 0.281. The van der Waals surface area contributed by atoms with Crippen molar-refractivity contribution in [1.29, 1.82) is 0 Å². The Balaban J connectivity index is 1.48. The monoisotopic (exact) mass is 498 g/mol. The molecule has 1 amide bonds. The maximum Gasteiger partial charge on any atom is 0.251 e. The van der Waals surface area contributed by atoms with Gasteiger partial charge in [-0.1, -0.05) is 23.7 Å². The second-order valence-corrected chi connectivity index (χ2v) is 9.17. The molecule has 3 aromatic carbocycles. The molecule has 2 heterocycles. The summed E-state index contributed by atoms with van der Waals surface area (Å²) in [7, 11) is 0. The summed E-state index contributed by atoms with van der Waals surface area (Å²) in [6.07, 6.45) is 6.45. The minimum Gasteiger partial charge on any atom is -0.352 e. The Morgan fingerprint density at radius 1 is 1.00 bits per heavy atom. The number of allylic oxidation sites excluding steroid dienone is 1. The largest absolute Gasteiger partial charge is 0.352 e. The Morgan fingerprint density at radius 2 is 1.81 bits per heavy atom. The van der Waals surface area contributed by atoms with Crippen molar-refractivity contribution in [3.8, 4) is 22.5 Å². The fourth-order valence-corrected chi connectivity index (χ4v) is 4.38. The fourth-order valence-electron chi connectivity index (χ4n) is 4.20. The molecule has 0 unspecified atom stereocenters. The van der Waals surface area contributed by atoms with Crippen molar-refractivity contribution in [3.63, 3.8) is 0 Å². The Hall–Kier alpha value is -3.90. The van der Waals surface area contributed by atoms with Gasteiger partial charge in [-0.25, -0.2) is 14.4 Å². The van der Waals surface area contributed by atoms with Gasteiger partial charge < -0.3 is 5.32 Å². The lowest BCUT2D eigenvalue weighted by atomic mass is 9.99. The van der Waals surface area contributed by atoms with Gasteiger partial charge in [0, 0.05) is 46.6 Å². The maximum absolute atomic E-state index is 13.6. The van der Waals surface area contributed by atoms with Gasteiger partial charge in [0.1, 0.15) is 5.82 Å². The number of aliphatic imine (C=N–C) groups is 1. The molecule has 0 atom stereocenters. The number of nitrogens with one attached hydrogen (secondary N) is 1. The van der Waals surface area contributed by atoms with Crippen LogP contribution in [0.25, 0.3) is 33.5 Å². The highest BCUT2D eigenvalue weighted by atomic mass is 35.5. The molecule has 0 aliphatic carbocycles. The van der Waals surface area contributed by atoms with Crippen LogP contribution < -0.4 is 5.32 Å². The topological polar surface area (TPSA) is 67.2 Å². The number of aryl methyl sites for hydroxylation is 1. The standard InChI is InChI=1S/C29H24ClFN4O/c1-18-6-10-21(30)17-24(18)28-27(19-7-11-22(31)12-8-19)34-25-13-9-20(16-26(25)35-28)29(36)33-15-3-5-23-4-2-14-32-23/h2,6-14,16-17H,3-5,15H2,1H3,(H,33,36). The van der Waals surface area contributed by atoms with Crippen molar-refractivity contribution in [2.24, 2.45) is 4.99 Å². The van der Waals surface area contributed by atoms with E-state index in [4.69, 9.17) is 21.6 Å². The fraction of sp³-hybridized carbons (Fsp3) is 0.172. The van der Waals surface area contributed by atoms with Gasteiger partial charge in [0.2, 0.25) is 0 Å². The molecule has 1 aliphatic heterocycles. The lowest BCUT2D eigenvalue weighted by molar-refractivity contribution is 0.0953. The predicted molar refractivity (Wildman–Crippen MR) is 143 cm³/mol. The summed E-state index contributed by atoms with van der Waals surface area (Å²) in [5.41, 5.74) is 6.68. The minimum absolute atomic E-state index is 0.159. The van der Waals surface area contributed by atoms with Gasteiger partial charge in [-0.2, -0.15) is 0 Å². The number of amides is 1. The van der Waals surface area contributed by atoms with E-state index in [0.717, 1.165) is 41.7 Å². The molecule has 0 spiro atoms.